The fraction of sp³-hybridized carbons (Fsp3) is 0.571. The van der Waals surface area contributed by atoms with Crippen molar-refractivity contribution in [3.05, 3.63) is 18.2 Å². The standard InChI is InChI=1S/C14H23N5O4/c1-3-8(2)12(14(23)17-6-11(20)21)19-13(22)10(15)4-9-5-16-7-18-9/h5,7-8,10,12H,3-4,6,15H2,1-2H3,(H,16,18)(H,17,23)(H,19,22)(H,20,21). The third-order valence-electron chi connectivity index (χ3n) is 3.54. The molecule has 0 fully saturated rings. The van der Waals surface area contributed by atoms with E-state index in [0.717, 1.165) is 0 Å². The number of carboxylic acids is 1. The third kappa shape index (κ3) is 6.07. The molecule has 0 bridgehead atoms. The molecule has 128 valence electrons. The normalized spacial score (nSPS) is 14.6. The van der Waals surface area contributed by atoms with Crippen molar-refractivity contribution >= 4 is 17.8 Å². The van der Waals surface area contributed by atoms with Gasteiger partial charge >= 0.3 is 5.97 Å². The largest absolute Gasteiger partial charge is 0.480 e. The topological polar surface area (TPSA) is 150 Å². The molecule has 0 saturated carbocycles. The lowest BCUT2D eigenvalue weighted by atomic mass is 9.97. The predicted molar refractivity (Wildman–Crippen MR) is 82.3 cm³/mol. The highest BCUT2D eigenvalue weighted by Crippen LogP contribution is 2.08. The molecule has 0 saturated heterocycles. The number of aromatic amines is 1. The molecule has 3 unspecified atom stereocenters. The third-order valence-corrected chi connectivity index (χ3v) is 3.54. The fourth-order valence-electron chi connectivity index (χ4n) is 1.96. The highest BCUT2D eigenvalue weighted by molar-refractivity contribution is 5.91. The Hall–Kier alpha value is -2.42. The van der Waals surface area contributed by atoms with Crippen molar-refractivity contribution in [2.75, 3.05) is 6.54 Å². The first-order chi connectivity index (χ1) is 10.8. The quantitative estimate of drug-likeness (QED) is 0.393. The van der Waals surface area contributed by atoms with E-state index in [9.17, 15) is 14.4 Å². The van der Waals surface area contributed by atoms with Crippen LogP contribution >= 0.6 is 0 Å². The predicted octanol–water partition coefficient (Wildman–Crippen LogP) is -0.989. The van der Waals surface area contributed by atoms with Gasteiger partial charge in [-0.15, -0.1) is 0 Å². The summed E-state index contributed by atoms with van der Waals surface area (Å²) in [6.07, 6.45) is 3.96. The molecule has 1 heterocycles. The lowest BCUT2D eigenvalue weighted by Gasteiger charge is -2.24. The van der Waals surface area contributed by atoms with Crippen LogP contribution in [-0.2, 0) is 20.8 Å². The number of carbonyl (C=O) groups excluding carboxylic acids is 2. The molecule has 3 atom stereocenters. The molecule has 0 aliphatic carbocycles. The summed E-state index contributed by atoms with van der Waals surface area (Å²) < 4.78 is 0. The number of rotatable bonds is 9. The van der Waals surface area contributed by atoms with Gasteiger partial charge in [0, 0.05) is 18.3 Å². The second-order valence-electron chi connectivity index (χ2n) is 5.37. The minimum absolute atomic E-state index is 0.160. The SMILES string of the molecule is CCC(C)C(NC(=O)C(N)Cc1cnc[nH]1)C(=O)NCC(=O)O. The first-order valence-corrected chi connectivity index (χ1v) is 7.37. The van der Waals surface area contributed by atoms with Crippen LogP contribution in [0.3, 0.4) is 0 Å². The Labute approximate surface area is 134 Å². The summed E-state index contributed by atoms with van der Waals surface area (Å²) >= 11 is 0. The average Bonchev–Trinajstić information content (AvgIpc) is 3.01. The summed E-state index contributed by atoms with van der Waals surface area (Å²) in [4.78, 5) is 41.5. The van der Waals surface area contributed by atoms with E-state index < -0.39 is 36.4 Å². The number of hydrogen-bond donors (Lipinski definition) is 5. The number of amides is 2. The highest BCUT2D eigenvalue weighted by atomic mass is 16.4. The Morgan fingerprint density at radius 3 is 2.61 bits per heavy atom. The van der Waals surface area contributed by atoms with E-state index in [1.165, 1.54) is 6.33 Å². The molecule has 0 aromatic carbocycles. The first-order valence-electron chi connectivity index (χ1n) is 7.37. The fourth-order valence-corrected chi connectivity index (χ4v) is 1.96. The molecule has 1 rings (SSSR count). The number of imidazole rings is 1. The number of aromatic nitrogens is 2. The molecular formula is C14H23N5O4. The highest BCUT2D eigenvalue weighted by Gasteiger charge is 2.28. The Morgan fingerprint density at radius 1 is 1.39 bits per heavy atom. The van der Waals surface area contributed by atoms with Gasteiger partial charge in [0.25, 0.3) is 0 Å². The Bertz CT molecular complexity index is 531. The average molecular weight is 325 g/mol. The second-order valence-corrected chi connectivity index (χ2v) is 5.37. The van der Waals surface area contributed by atoms with Crippen molar-refractivity contribution in [2.45, 2.75) is 38.8 Å². The van der Waals surface area contributed by atoms with Gasteiger partial charge in [-0.2, -0.15) is 0 Å². The van der Waals surface area contributed by atoms with Gasteiger partial charge in [0.2, 0.25) is 11.8 Å². The van der Waals surface area contributed by atoms with Crippen LogP contribution < -0.4 is 16.4 Å². The zero-order chi connectivity index (χ0) is 17.4. The number of nitrogens with two attached hydrogens (primary N) is 1. The summed E-state index contributed by atoms with van der Waals surface area (Å²) in [7, 11) is 0. The number of carbonyl (C=O) groups is 3. The van der Waals surface area contributed by atoms with Crippen molar-refractivity contribution in [1.82, 2.24) is 20.6 Å². The summed E-state index contributed by atoms with van der Waals surface area (Å²) in [6, 6.07) is -1.67. The molecule has 6 N–H and O–H groups in total. The summed E-state index contributed by atoms with van der Waals surface area (Å²) in [5.41, 5.74) is 6.55. The Morgan fingerprint density at radius 2 is 2.09 bits per heavy atom. The smallest absolute Gasteiger partial charge is 0.322 e. The second kappa shape index (κ2) is 8.89. The van der Waals surface area contributed by atoms with Gasteiger partial charge in [0.1, 0.15) is 12.6 Å². The molecule has 9 heteroatoms. The molecule has 0 radical (unpaired) electrons. The van der Waals surface area contributed by atoms with Crippen LogP contribution in [0.25, 0.3) is 0 Å². The molecule has 9 nitrogen and oxygen atoms in total. The van der Waals surface area contributed by atoms with Gasteiger partial charge < -0.3 is 26.5 Å². The molecule has 1 aromatic heterocycles. The number of nitrogens with zero attached hydrogens (tertiary/aromatic N) is 1. The van der Waals surface area contributed by atoms with Crippen LogP contribution in [0.1, 0.15) is 26.0 Å². The monoisotopic (exact) mass is 325 g/mol. The van der Waals surface area contributed by atoms with Gasteiger partial charge in [0.15, 0.2) is 0 Å². The number of H-pyrrole nitrogens is 1. The van der Waals surface area contributed by atoms with Crippen molar-refractivity contribution in [3.8, 4) is 0 Å². The van der Waals surface area contributed by atoms with Crippen molar-refractivity contribution < 1.29 is 19.5 Å². The summed E-state index contributed by atoms with van der Waals surface area (Å²) in [5.74, 6) is -2.32. The zero-order valence-corrected chi connectivity index (χ0v) is 13.2. The van der Waals surface area contributed by atoms with E-state index in [0.29, 0.717) is 12.1 Å². The van der Waals surface area contributed by atoms with Gasteiger partial charge in [-0.3, -0.25) is 14.4 Å². The van der Waals surface area contributed by atoms with Gasteiger partial charge in [-0.25, -0.2) is 4.98 Å². The minimum Gasteiger partial charge on any atom is -0.480 e. The molecule has 23 heavy (non-hydrogen) atoms. The summed E-state index contributed by atoms with van der Waals surface area (Å²) in [6.45, 7) is 3.17. The van der Waals surface area contributed by atoms with E-state index in [1.54, 1.807) is 13.1 Å². The number of carboxylic acid groups (broad SMARTS) is 1. The zero-order valence-electron chi connectivity index (χ0n) is 13.2. The van der Waals surface area contributed by atoms with Crippen molar-refractivity contribution in [1.29, 1.82) is 0 Å². The van der Waals surface area contributed by atoms with Crippen LogP contribution in [0.2, 0.25) is 0 Å². The molecular weight excluding hydrogens is 302 g/mol. The molecule has 0 aliphatic rings. The van der Waals surface area contributed by atoms with Crippen LogP contribution in [0.4, 0.5) is 0 Å². The van der Waals surface area contributed by atoms with E-state index in [-0.39, 0.29) is 12.3 Å². The number of nitrogens with one attached hydrogen (secondary N) is 3. The minimum atomic E-state index is -1.15. The van der Waals surface area contributed by atoms with E-state index in [4.69, 9.17) is 10.8 Å². The van der Waals surface area contributed by atoms with E-state index in [1.807, 2.05) is 6.92 Å². The van der Waals surface area contributed by atoms with Crippen LogP contribution in [0.15, 0.2) is 12.5 Å². The van der Waals surface area contributed by atoms with E-state index >= 15 is 0 Å². The molecule has 1 aromatic rings. The van der Waals surface area contributed by atoms with Crippen LogP contribution in [0.5, 0.6) is 0 Å². The van der Waals surface area contributed by atoms with Gasteiger partial charge in [-0.1, -0.05) is 20.3 Å². The molecule has 2 amide bonds. The van der Waals surface area contributed by atoms with Crippen molar-refractivity contribution in [2.24, 2.45) is 11.7 Å². The van der Waals surface area contributed by atoms with E-state index in [2.05, 4.69) is 20.6 Å². The van der Waals surface area contributed by atoms with Gasteiger partial charge in [-0.05, 0) is 5.92 Å². The maximum atomic E-state index is 12.2. The number of aliphatic carboxylic acids is 1. The number of hydrogen-bond acceptors (Lipinski definition) is 5. The Balaban J connectivity index is 2.66. The van der Waals surface area contributed by atoms with Gasteiger partial charge in [0.05, 0.1) is 12.4 Å². The summed E-state index contributed by atoms with van der Waals surface area (Å²) in [5, 5.41) is 13.5. The molecule has 0 spiro atoms. The lowest BCUT2D eigenvalue weighted by Crippen LogP contribution is -2.55. The first kappa shape index (κ1) is 18.6. The maximum absolute atomic E-state index is 12.2. The maximum Gasteiger partial charge on any atom is 0.322 e. The van der Waals surface area contributed by atoms with Crippen LogP contribution in [-0.4, -0.2) is 51.5 Å². The Kier molecular flexibility index (Phi) is 7.20. The van der Waals surface area contributed by atoms with Crippen molar-refractivity contribution in [3.63, 3.8) is 0 Å². The lowest BCUT2D eigenvalue weighted by molar-refractivity contribution is -0.138. The van der Waals surface area contributed by atoms with Crippen LogP contribution in [0, 0.1) is 5.92 Å². The molecule has 0 aliphatic heterocycles.